The smallest absolute Gasteiger partial charge is 0.136 e. The van der Waals surface area contributed by atoms with E-state index in [1.165, 1.54) is 30.7 Å². The van der Waals surface area contributed by atoms with Crippen LogP contribution in [-0.4, -0.2) is 20.4 Å². The van der Waals surface area contributed by atoms with E-state index in [0.29, 0.717) is 16.8 Å². The summed E-state index contributed by atoms with van der Waals surface area (Å²) in [7, 11) is 0. The number of aromatic nitrogens is 2. The van der Waals surface area contributed by atoms with Crippen LogP contribution in [0, 0.1) is 23.0 Å². The average Bonchev–Trinajstić information content (AvgIpc) is 3.31. The van der Waals surface area contributed by atoms with E-state index in [-0.39, 0.29) is 42.8 Å². The molecule has 0 bridgehead atoms. The van der Waals surface area contributed by atoms with Gasteiger partial charge in [-0.15, -0.1) is 0 Å². The summed E-state index contributed by atoms with van der Waals surface area (Å²) < 4.78 is 30.0. The number of nitriles is 1. The Balaban J connectivity index is 1.53. The van der Waals surface area contributed by atoms with Gasteiger partial charge in [0.1, 0.15) is 23.0 Å². The molecule has 0 amide bonds. The molecule has 1 aliphatic rings. The summed E-state index contributed by atoms with van der Waals surface area (Å²) in [5.74, 6) is -1.12. The lowest BCUT2D eigenvalue weighted by Crippen LogP contribution is -2.27. The fourth-order valence-corrected chi connectivity index (χ4v) is 4.12. The minimum Gasteiger partial charge on any atom is -0.383 e. The van der Waals surface area contributed by atoms with Gasteiger partial charge in [-0.25, -0.2) is 13.8 Å². The first kappa shape index (κ1) is 19.9. The highest BCUT2D eigenvalue weighted by molar-refractivity contribution is 5.80. The monoisotopic (exact) mass is 407 g/mol. The number of fused-ring (bicyclic) bond motifs is 1. The largest absolute Gasteiger partial charge is 0.383 e. The molecule has 0 spiro atoms. The van der Waals surface area contributed by atoms with E-state index < -0.39 is 17.5 Å². The van der Waals surface area contributed by atoms with Gasteiger partial charge in [-0.2, -0.15) is 5.26 Å². The fraction of sp³-hybridized carbons (Fsp3) is 0.261. The second-order valence-corrected chi connectivity index (χ2v) is 7.59. The van der Waals surface area contributed by atoms with Gasteiger partial charge < -0.3 is 9.67 Å². The van der Waals surface area contributed by atoms with Crippen LogP contribution in [-0.2, 0) is 16.8 Å². The zero-order valence-corrected chi connectivity index (χ0v) is 16.1. The van der Waals surface area contributed by atoms with Gasteiger partial charge >= 0.3 is 0 Å². The quantitative estimate of drug-likeness (QED) is 0.674. The Hall–Kier alpha value is -3.37. The van der Waals surface area contributed by atoms with Crippen molar-refractivity contribution in [3.8, 4) is 6.07 Å². The average molecular weight is 407 g/mol. The van der Waals surface area contributed by atoms with Crippen molar-refractivity contribution in [3.05, 3.63) is 89.0 Å². The summed E-state index contributed by atoms with van der Waals surface area (Å²) in [5, 5.41) is 20.2. The maximum absolute atomic E-state index is 14.6. The summed E-state index contributed by atoms with van der Waals surface area (Å²) in [6.45, 7) is 0. The van der Waals surface area contributed by atoms with Crippen LogP contribution in [0.15, 0.2) is 55.0 Å². The summed E-state index contributed by atoms with van der Waals surface area (Å²) >= 11 is 0. The number of rotatable bonds is 6. The molecule has 3 aromatic rings. The number of Topliss-reactive ketones (excluding diaryl/α,β-unsaturated/α-hetero) is 1. The summed E-state index contributed by atoms with van der Waals surface area (Å²) in [5.41, 5.74) is -0.0719. The lowest BCUT2D eigenvalue weighted by Gasteiger charge is -2.22. The molecule has 2 atom stereocenters. The molecule has 0 radical (unpaired) electrons. The van der Waals surface area contributed by atoms with Crippen molar-refractivity contribution in [3.63, 3.8) is 0 Å². The Morgan fingerprint density at radius 2 is 2.07 bits per heavy atom. The van der Waals surface area contributed by atoms with Gasteiger partial charge in [0.2, 0.25) is 0 Å². The molecule has 152 valence electrons. The lowest BCUT2D eigenvalue weighted by molar-refractivity contribution is -0.124. The van der Waals surface area contributed by atoms with Gasteiger partial charge in [0, 0.05) is 24.8 Å². The number of carbonyl (C=O) groups is 1. The van der Waals surface area contributed by atoms with Crippen molar-refractivity contribution in [2.75, 3.05) is 0 Å². The van der Waals surface area contributed by atoms with Crippen LogP contribution in [0.3, 0.4) is 0 Å². The predicted molar refractivity (Wildman–Crippen MR) is 104 cm³/mol. The van der Waals surface area contributed by atoms with Crippen molar-refractivity contribution in [2.24, 2.45) is 0 Å². The molecule has 1 aliphatic heterocycles. The van der Waals surface area contributed by atoms with Crippen LogP contribution in [0.2, 0.25) is 0 Å². The first-order valence-corrected chi connectivity index (χ1v) is 9.60. The predicted octanol–water partition coefficient (Wildman–Crippen LogP) is 3.81. The lowest BCUT2D eigenvalue weighted by atomic mass is 9.87. The van der Waals surface area contributed by atoms with Crippen molar-refractivity contribution in [1.29, 1.82) is 5.26 Å². The number of imidazole rings is 1. The molecule has 1 aromatic heterocycles. The van der Waals surface area contributed by atoms with Crippen LogP contribution in [0.1, 0.15) is 47.7 Å². The van der Waals surface area contributed by atoms with Crippen molar-refractivity contribution >= 4 is 5.78 Å². The van der Waals surface area contributed by atoms with Crippen LogP contribution >= 0.6 is 0 Å². The van der Waals surface area contributed by atoms with E-state index in [1.807, 2.05) is 6.07 Å². The Labute approximate surface area is 172 Å². The van der Waals surface area contributed by atoms with Crippen LogP contribution in [0.4, 0.5) is 8.78 Å². The van der Waals surface area contributed by atoms with E-state index in [4.69, 9.17) is 5.26 Å². The number of aryl methyl sites for hydroxylation is 1. The van der Waals surface area contributed by atoms with Crippen LogP contribution in [0.5, 0.6) is 0 Å². The molecular weight excluding hydrogens is 388 g/mol. The second-order valence-electron chi connectivity index (χ2n) is 7.59. The first-order chi connectivity index (χ1) is 14.4. The maximum Gasteiger partial charge on any atom is 0.136 e. The summed E-state index contributed by atoms with van der Waals surface area (Å²) in [6, 6.07) is 11.8. The molecule has 2 heterocycles. The van der Waals surface area contributed by atoms with Gasteiger partial charge in [0.05, 0.1) is 35.9 Å². The number of aliphatic hydroxyl groups is 1. The summed E-state index contributed by atoms with van der Waals surface area (Å²) in [4.78, 5) is 16.7. The highest BCUT2D eigenvalue weighted by Gasteiger charge is 2.45. The Morgan fingerprint density at radius 3 is 2.80 bits per heavy atom. The molecule has 0 saturated carbocycles. The fourth-order valence-electron chi connectivity index (χ4n) is 4.12. The molecule has 0 saturated heterocycles. The maximum atomic E-state index is 14.6. The molecule has 30 heavy (non-hydrogen) atoms. The zero-order chi connectivity index (χ0) is 21.3. The molecule has 4 rings (SSSR count). The minimum atomic E-state index is -1.49. The highest BCUT2D eigenvalue weighted by atomic mass is 19.1. The van der Waals surface area contributed by atoms with E-state index in [1.54, 1.807) is 22.8 Å². The van der Waals surface area contributed by atoms with Crippen molar-refractivity contribution < 1.29 is 18.7 Å². The Morgan fingerprint density at radius 1 is 1.27 bits per heavy atom. The van der Waals surface area contributed by atoms with E-state index in [9.17, 15) is 18.7 Å². The number of hydrogen-bond acceptors (Lipinski definition) is 4. The number of halogens is 2. The van der Waals surface area contributed by atoms with Crippen molar-refractivity contribution in [2.45, 2.75) is 37.3 Å². The molecule has 7 heteroatoms. The molecule has 5 nitrogen and oxygen atoms in total. The third-order valence-corrected chi connectivity index (χ3v) is 5.62. The molecule has 0 unspecified atom stereocenters. The summed E-state index contributed by atoms with van der Waals surface area (Å²) in [6.07, 6.45) is 3.26. The van der Waals surface area contributed by atoms with Crippen LogP contribution in [0.25, 0.3) is 0 Å². The number of ketones is 1. The highest BCUT2D eigenvalue weighted by Crippen LogP contribution is 2.45. The Kier molecular flexibility index (Phi) is 5.18. The normalized spacial score (nSPS) is 20.0. The number of nitrogens with zero attached hydrogens (tertiary/aromatic N) is 3. The molecule has 1 N–H and O–H groups in total. The molecule has 2 aromatic carbocycles. The third-order valence-electron chi connectivity index (χ3n) is 5.62. The Bertz CT molecular complexity index is 1150. The molecular formula is C23H19F2N3O2. The van der Waals surface area contributed by atoms with Gasteiger partial charge in [0.15, 0.2) is 0 Å². The van der Waals surface area contributed by atoms with Gasteiger partial charge in [-0.1, -0.05) is 24.3 Å². The van der Waals surface area contributed by atoms with E-state index in [2.05, 4.69) is 4.98 Å². The van der Waals surface area contributed by atoms with Gasteiger partial charge in [-0.05, 0) is 30.2 Å². The molecule has 0 aliphatic carbocycles. The third kappa shape index (κ3) is 3.62. The topological polar surface area (TPSA) is 78.9 Å². The standard InChI is InChI=1S/C23H19F2N3O2/c24-19-4-2-1-3-16(19)6-7-17(29)10-23(30)11-21(28-14-27-13-22(23)28)18-8-5-15(12-26)9-20(18)25/h1-5,8-9,13-14,21,30H,6-7,10-11H2/t21-,23-/m1/s1. The van der Waals surface area contributed by atoms with E-state index in [0.717, 1.165) is 6.07 Å². The SMILES string of the molecule is N#Cc1ccc([C@H]2C[C@](O)(CC(=O)CCc3ccccc3F)c3cncn32)c(F)c1. The minimum absolute atomic E-state index is 0.0906. The number of benzene rings is 2. The molecule has 0 fully saturated rings. The number of carbonyl (C=O) groups excluding carboxylic acids is 1. The van der Waals surface area contributed by atoms with E-state index >= 15 is 0 Å². The second kappa shape index (κ2) is 7.81. The van der Waals surface area contributed by atoms with Crippen LogP contribution < -0.4 is 0 Å². The van der Waals surface area contributed by atoms with Gasteiger partial charge in [0.25, 0.3) is 0 Å². The van der Waals surface area contributed by atoms with Crippen molar-refractivity contribution in [1.82, 2.24) is 9.55 Å². The first-order valence-electron chi connectivity index (χ1n) is 9.60. The van der Waals surface area contributed by atoms with Gasteiger partial charge in [-0.3, -0.25) is 4.79 Å². The number of hydrogen-bond donors (Lipinski definition) is 1. The zero-order valence-electron chi connectivity index (χ0n) is 16.1.